The molecule has 1 heterocycles. The average molecular weight is 281 g/mol. The molecule has 0 aliphatic heterocycles. The molecule has 1 unspecified atom stereocenters. The van der Waals surface area contributed by atoms with Crippen molar-refractivity contribution < 1.29 is 8.87 Å². The average Bonchev–Trinajstić information content (AvgIpc) is 3.00. The van der Waals surface area contributed by atoms with Crippen LogP contribution >= 0.6 is 11.5 Å². The van der Waals surface area contributed by atoms with Crippen LogP contribution in [-0.2, 0) is 4.79 Å². The summed E-state index contributed by atoms with van der Waals surface area (Å²) in [4.78, 5) is 11.4. The van der Waals surface area contributed by atoms with Crippen molar-refractivity contribution >= 4 is 17.8 Å². The molecule has 3 rings (SSSR count). The predicted molar refractivity (Wildman–Crippen MR) is 78.4 cm³/mol. The third-order valence-electron chi connectivity index (χ3n) is 3.06. The molecule has 0 aliphatic rings. The van der Waals surface area contributed by atoms with Gasteiger partial charge in [0.1, 0.15) is 0 Å². The minimum absolute atomic E-state index is 0.362. The number of benzene rings is 2. The van der Waals surface area contributed by atoms with Crippen molar-refractivity contribution in [3.63, 3.8) is 0 Å². The van der Waals surface area contributed by atoms with E-state index in [1.54, 1.807) is 4.07 Å². The van der Waals surface area contributed by atoms with E-state index in [4.69, 9.17) is 0 Å². The van der Waals surface area contributed by atoms with Gasteiger partial charge in [0.25, 0.3) is 6.04 Å². The van der Waals surface area contributed by atoms with Crippen LogP contribution in [0.25, 0.3) is 11.3 Å². The molecule has 0 aliphatic carbocycles. The molecule has 0 amide bonds. The van der Waals surface area contributed by atoms with Crippen LogP contribution in [0.3, 0.4) is 0 Å². The number of aromatic nitrogens is 2. The van der Waals surface area contributed by atoms with Crippen LogP contribution in [-0.4, -0.2) is 11.4 Å². The topological polar surface area (TPSA) is 33.8 Å². The van der Waals surface area contributed by atoms with Crippen molar-refractivity contribution in [2.24, 2.45) is 0 Å². The molecule has 4 heteroatoms. The number of hydrogen-bond donors (Lipinski definition) is 0. The molecule has 2 aromatic carbocycles. The van der Waals surface area contributed by atoms with Crippen molar-refractivity contribution in [2.45, 2.75) is 6.04 Å². The third-order valence-corrected chi connectivity index (χ3v) is 3.91. The molecule has 98 valence electrons. The lowest BCUT2D eigenvalue weighted by atomic mass is 10.1. The first-order valence-corrected chi connectivity index (χ1v) is 7.15. The summed E-state index contributed by atoms with van der Waals surface area (Å²) in [7, 11) is 0. The van der Waals surface area contributed by atoms with Gasteiger partial charge in [-0.25, -0.2) is 0 Å². The summed E-state index contributed by atoms with van der Waals surface area (Å²) in [6.07, 6.45) is 0.924. The van der Waals surface area contributed by atoms with Crippen LogP contribution in [0.5, 0.6) is 0 Å². The van der Waals surface area contributed by atoms with E-state index in [9.17, 15) is 4.79 Å². The van der Waals surface area contributed by atoms with Gasteiger partial charge in [0.2, 0.25) is 0 Å². The smallest absolute Gasteiger partial charge is 0.278 e. The summed E-state index contributed by atoms with van der Waals surface area (Å²) < 4.78 is 1.74. The minimum atomic E-state index is -0.362. The fourth-order valence-electron chi connectivity index (χ4n) is 2.03. The van der Waals surface area contributed by atoms with Crippen LogP contribution in [0, 0.1) is 0 Å². The zero-order chi connectivity index (χ0) is 13.8. The number of rotatable bonds is 4. The van der Waals surface area contributed by atoms with E-state index < -0.39 is 0 Å². The van der Waals surface area contributed by atoms with Gasteiger partial charge in [-0.1, -0.05) is 60.7 Å². The van der Waals surface area contributed by atoms with Gasteiger partial charge in [-0.3, -0.25) is 4.79 Å². The highest BCUT2D eigenvalue weighted by Gasteiger charge is 2.25. The minimum Gasteiger partial charge on any atom is -0.295 e. The molecule has 0 saturated heterocycles. The number of carbonyl (C=O) groups excluding carboxylic acids is 1. The standard InChI is InChI=1S/C16H13N2OS/c19-11-16(14-9-5-2-6-10-14)18-17-15(12-20-18)13-7-3-1-4-8-13/h1-12,16H/q+1. The third kappa shape index (κ3) is 2.51. The van der Waals surface area contributed by atoms with Gasteiger partial charge in [0.15, 0.2) is 23.5 Å². The molecular weight excluding hydrogens is 268 g/mol. The Balaban J connectivity index is 1.95. The maximum Gasteiger partial charge on any atom is 0.278 e. The lowest BCUT2D eigenvalue weighted by Gasteiger charge is -1.99. The van der Waals surface area contributed by atoms with Crippen molar-refractivity contribution in [3.8, 4) is 11.3 Å². The molecule has 0 saturated carbocycles. The normalized spacial score (nSPS) is 12.0. The Bertz CT molecular complexity index is 695. The first-order chi connectivity index (χ1) is 9.88. The highest BCUT2D eigenvalue weighted by atomic mass is 32.1. The van der Waals surface area contributed by atoms with Gasteiger partial charge in [-0.2, -0.15) is 0 Å². The number of aldehydes is 1. The molecule has 0 bridgehead atoms. The summed E-state index contributed by atoms with van der Waals surface area (Å²) in [5.41, 5.74) is 2.89. The molecule has 0 radical (unpaired) electrons. The lowest BCUT2D eigenvalue weighted by Crippen LogP contribution is -2.40. The molecular formula is C16H13N2OS+. The first-order valence-electron chi connectivity index (χ1n) is 6.32. The fourth-order valence-corrected chi connectivity index (χ4v) is 2.86. The molecule has 3 nitrogen and oxygen atoms in total. The number of hydrogen-bond acceptors (Lipinski definition) is 3. The Morgan fingerprint density at radius 1 is 1.00 bits per heavy atom. The molecule has 0 N–H and O–H groups in total. The SMILES string of the molecule is O=CC(c1ccccc1)[n+]1nc(-c2ccccc2)cs1. The van der Waals surface area contributed by atoms with Gasteiger partial charge in [0, 0.05) is 16.2 Å². The quantitative estimate of drug-likeness (QED) is 0.544. The van der Waals surface area contributed by atoms with E-state index >= 15 is 0 Å². The summed E-state index contributed by atoms with van der Waals surface area (Å²) in [5, 5.41) is 6.50. The Labute approximate surface area is 121 Å². The van der Waals surface area contributed by atoms with Crippen LogP contribution < -0.4 is 4.07 Å². The largest absolute Gasteiger partial charge is 0.295 e. The summed E-state index contributed by atoms with van der Waals surface area (Å²) >= 11 is 1.45. The zero-order valence-electron chi connectivity index (χ0n) is 10.7. The first kappa shape index (κ1) is 12.7. The van der Waals surface area contributed by atoms with Crippen LogP contribution in [0.2, 0.25) is 0 Å². The monoisotopic (exact) mass is 281 g/mol. The van der Waals surface area contributed by atoms with Gasteiger partial charge in [0.05, 0.1) is 5.38 Å². The van der Waals surface area contributed by atoms with Gasteiger partial charge >= 0.3 is 0 Å². The van der Waals surface area contributed by atoms with E-state index in [-0.39, 0.29) is 6.04 Å². The van der Waals surface area contributed by atoms with Gasteiger partial charge in [-0.15, -0.1) is 0 Å². The number of nitrogens with zero attached hydrogens (tertiary/aromatic N) is 2. The van der Waals surface area contributed by atoms with Crippen molar-refractivity contribution in [1.82, 2.24) is 5.10 Å². The summed E-state index contributed by atoms with van der Waals surface area (Å²) in [6.45, 7) is 0. The molecule has 3 aromatic rings. The number of carbonyl (C=O) groups is 1. The molecule has 0 fully saturated rings. The van der Waals surface area contributed by atoms with E-state index in [1.165, 1.54) is 11.5 Å². The predicted octanol–water partition coefficient (Wildman–Crippen LogP) is 2.89. The van der Waals surface area contributed by atoms with Gasteiger partial charge in [-0.05, 0) is 4.07 Å². The van der Waals surface area contributed by atoms with Crippen LogP contribution in [0.4, 0.5) is 0 Å². The molecule has 20 heavy (non-hydrogen) atoms. The second-order valence-corrected chi connectivity index (χ2v) is 5.19. The highest BCUT2D eigenvalue weighted by molar-refractivity contribution is 6.99. The molecule has 1 atom stereocenters. The molecule has 0 spiro atoms. The van der Waals surface area contributed by atoms with Crippen molar-refractivity contribution in [2.75, 3.05) is 0 Å². The van der Waals surface area contributed by atoms with Crippen molar-refractivity contribution in [1.29, 1.82) is 0 Å². The summed E-state index contributed by atoms with van der Waals surface area (Å²) in [5.74, 6) is 0. The van der Waals surface area contributed by atoms with Crippen molar-refractivity contribution in [3.05, 3.63) is 71.6 Å². The summed E-state index contributed by atoms with van der Waals surface area (Å²) in [6, 6.07) is 19.3. The zero-order valence-corrected chi connectivity index (χ0v) is 11.5. The van der Waals surface area contributed by atoms with E-state index in [1.807, 2.05) is 66.0 Å². The Morgan fingerprint density at radius 3 is 2.30 bits per heavy atom. The Hall–Kier alpha value is -2.33. The maximum atomic E-state index is 11.4. The fraction of sp³-hybridized carbons (Fsp3) is 0.0625. The second-order valence-electron chi connectivity index (χ2n) is 4.37. The van der Waals surface area contributed by atoms with E-state index in [2.05, 4.69) is 5.10 Å². The lowest BCUT2D eigenvalue weighted by molar-refractivity contribution is -0.689. The van der Waals surface area contributed by atoms with E-state index in [0.29, 0.717) is 0 Å². The van der Waals surface area contributed by atoms with Gasteiger partial charge < -0.3 is 0 Å². The highest BCUT2D eigenvalue weighted by Crippen LogP contribution is 2.18. The second kappa shape index (κ2) is 5.75. The molecule has 1 aromatic heterocycles. The van der Waals surface area contributed by atoms with Crippen LogP contribution in [0.1, 0.15) is 11.6 Å². The Morgan fingerprint density at radius 2 is 1.65 bits per heavy atom. The van der Waals surface area contributed by atoms with E-state index in [0.717, 1.165) is 23.1 Å². The maximum absolute atomic E-state index is 11.4. The Kier molecular flexibility index (Phi) is 3.65. The van der Waals surface area contributed by atoms with Crippen LogP contribution in [0.15, 0.2) is 66.0 Å².